The highest BCUT2D eigenvalue weighted by atomic mass is 32.2. The number of hydrogen-bond acceptors (Lipinski definition) is 4. The minimum atomic E-state index is -0.204. The number of aldehydes is 1. The van der Waals surface area contributed by atoms with Gasteiger partial charge in [-0.25, -0.2) is 0 Å². The van der Waals surface area contributed by atoms with E-state index >= 15 is 0 Å². The summed E-state index contributed by atoms with van der Waals surface area (Å²) in [6, 6.07) is 6.82. The second-order valence-corrected chi connectivity index (χ2v) is 4.32. The normalized spacial score (nSPS) is 15.6. The number of benzene rings is 1. The summed E-state index contributed by atoms with van der Waals surface area (Å²) in [5.41, 5.74) is 1.42. The first kappa shape index (κ1) is 10.9. The van der Waals surface area contributed by atoms with Crippen molar-refractivity contribution < 1.29 is 14.4 Å². The van der Waals surface area contributed by atoms with E-state index in [-0.39, 0.29) is 23.4 Å². The Morgan fingerprint density at radius 2 is 1.94 bits per heavy atom. The van der Waals surface area contributed by atoms with Crippen LogP contribution in [0.1, 0.15) is 15.9 Å². The Kier molecular flexibility index (Phi) is 3.05. The zero-order chi connectivity index (χ0) is 11.5. The molecule has 4 nitrogen and oxygen atoms in total. The van der Waals surface area contributed by atoms with E-state index in [1.54, 1.807) is 24.3 Å². The zero-order valence-electron chi connectivity index (χ0n) is 8.38. The Hall–Kier alpha value is -1.62. The molecule has 1 fully saturated rings. The summed E-state index contributed by atoms with van der Waals surface area (Å²) in [6.07, 6.45) is 0.756. The SMILES string of the molecule is O=Cc1ccc(CN2C(=O)CSC2=O)cc1. The molecule has 1 aromatic rings. The quantitative estimate of drug-likeness (QED) is 0.748. The Morgan fingerprint density at radius 3 is 2.44 bits per heavy atom. The number of carbonyl (C=O) groups excluding carboxylic acids is 3. The minimum Gasteiger partial charge on any atom is -0.298 e. The van der Waals surface area contributed by atoms with Crippen LogP contribution in [0.2, 0.25) is 0 Å². The van der Waals surface area contributed by atoms with Crippen molar-refractivity contribution in [3.05, 3.63) is 35.4 Å². The summed E-state index contributed by atoms with van der Waals surface area (Å²) < 4.78 is 0. The molecule has 2 rings (SSSR count). The van der Waals surface area contributed by atoms with E-state index in [2.05, 4.69) is 0 Å². The zero-order valence-corrected chi connectivity index (χ0v) is 9.20. The maximum Gasteiger partial charge on any atom is 0.289 e. The van der Waals surface area contributed by atoms with Gasteiger partial charge in [0.15, 0.2) is 0 Å². The summed E-state index contributed by atoms with van der Waals surface area (Å²) in [5.74, 6) is 0.0695. The van der Waals surface area contributed by atoms with Gasteiger partial charge in [0.25, 0.3) is 5.24 Å². The van der Waals surface area contributed by atoms with Gasteiger partial charge in [0, 0.05) is 5.56 Å². The van der Waals surface area contributed by atoms with E-state index in [9.17, 15) is 14.4 Å². The third kappa shape index (κ3) is 2.14. The highest BCUT2D eigenvalue weighted by molar-refractivity contribution is 8.14. The lowest BCUT2D eigenvalue weighted by Crippen LogP contribution is -2.27. The molecule has 0 aromatic heterocycles. The molecule has 0 radical (unpaired) electrons. The maximum atomic E-state index is 11.3. The van der Waals surface area contributed by atoms with Crippen LogP contribution in [0.15, 0.2) is 24.3 Å². The first-order chi connectivity index (χ1) is 7.70. The van der Waals surface area contributed by atoms with E-state index in [0.717, 1.165) is 23.6 Å². The van der Waals surface area contributed by atoms with Crippen molar-refractivity contribution >= 4 is 29.2 Å². The summed E-state index contributed by atoms with van der Waals surface area (Å²) >= 11 is 1.02. The minimum absolute atomic E-state index is 0.158. The van der Waals surface area contributed by atoms with Crippen LogP contribution in [-0.4, -0.2) is 28.1 Å². The fourth-order valence-electron chi connectivity index (χ4n) is 1.42. The summed E-state index contributed by atoms with van der Waals surface area (Å²) in [4.78, 5) is 34.3. The van der Waals surface area contributed by atoms with Crippen LogP contribution in [0.5, 0.6) is 0 Å². The lowest BCUT2D eigenvalue weighted by atomic mass is 10.1. The second-order valence-electron chi connectivity index (χ2n) is 3.39. The first-order valence-corrected chi connectivity index (χ1v) is 5.70. The van der Waals surface area contributed by atoms with Crippen molar-refractivity contribution in [2.45, 2.75) is 6.54 Å². The van der Waals surface area contributed by atoms with Gasteiger partial charge < -0.3 is 0 Å². The molecule has 0 atom stereocenters. The van der Waals surface area contributed by atoms with Crippen molar-refractivity contribution in [2.75, 3.05) is 5.75 Å². The summed E-state index contributed by atoms with van der Waals surface area (Å²) in [6.45, 7) is 0.282. The number of nitrogens with zero attached hydrogens (tertiary/aromatic N) is 1. The number of carbonyl (C=O) groups is 3. The molecule has 82 valence electrons. The van der Waals surface area contributed by atoms with Crippen LogP contribution in [0.4, 0.5) is 4.79 Å². The fraction of sp³-hybridized carbons (Fsp3) is 0.182. The van der Waals surface area contributed by atoms with Crippen molar-refractivity contribution in [3.63, 3.8) is 0 Å². The van der Waals surface area contributed by atoms with Crippen molar-refractivity contribution in [2.24, 2.45) is 0 Å². The van der Waals surface area contributed by atoms with Crippen molar-refractivity contribution in [3.8, 4) is 0 Å². The summed E-state index contributed by atoms with van der Waals surface area (Å²) in [7, 11) is 0. The van der Waals surface area contributed by atoms with Gasteiger partial charge >= 0.3 is 0 Å². The van der Waals surface area contributed by atoms with E-state index in [1.807, 2.05) is 0 Å². The monoisotopic (exact) mass is 235 g/mol. The Balaban J connectivity index is 2.11. The van der Waals surface area contributed by atoms with Crippen molar-refractivity contribution in [1.82, 2.24) is 4.90 Å². The largest absolute Gasteiger partial charge is 0.298 e. The molecular formula is C11H9NO3S. The van der Waals surface area contributed by atoms with Crippen LogP contribution < -0.4 is 0 Å². The number of rotatable bonds is 3. The van der Waals surface area contributed by atoms with Gasteiger partial charge in [0.05, 0.1) is 12.3 Å². The molecule has 16 heavy (non-hydrogen) atoms. The first-order valence-electron chi connectivity index (χ1n) is 4.72. The van der Waals surface area contributed by atoms with E-state index in [4.69, 9.17) is 0 Å². The molecule has 0 unspecified atom stereocenters. The molecule has 1 aliphatic heterocycles. The Labute approximate surface area is 96.6 Å². The van der Waals surface area contributed by atoms with Crippen LogP contribution >= 0.6 is 11.8 Å². The maximum absolute atomic E-state index is 11.3. The van der Waals surface area contributed by atoms with E-state index in [1.165, 1.54) is 4.90 Å². The molecule has 0 saturated carbocycles. The lowest BCUT2D eigenvalue weighted by molar-refractivity contribution is -0.125. The molecule has 2 amide bonds. The van der Waals surface area contributed by atoms with Crippen molar-refractivity contribution in [1.29, 1.82) is 0 Å². The number of thioether (sulfide) groups is 1. The highest BCUT2D eigenvalue weighted by Crippen LogP contribution is 2.21. The standard InChI is InChI=1S/C11H9NO3S/c13-6-9-3-1-8(2-4-9)5-12-10(14)7-16-11(12)15/h1-4,6H,5,7H2. The molecule has 1 saturated heterocycles. The molecule has 0 spiro atoms. The molecule has 0 aliphatic carbocycles. The predicted octanol–water partition coefficient (Wildman–Crippen LogP) is 1.69. The predicted molar refractivity (Wildman–Crippen MR) is 60.2 cm³/mol. The molecular weight excluding hydrogens is 226 g/mol. The second kappa shape index (κ2) is 4.49. The molecule has 1 aliphatic rings. The average molecular weight is 235 g/mol. The smallest absolute Gasteiger partial charge is 0.289 e. The van der Waals surface area contributed by atoms with Gasteiger partial charge in [0.1, 0.15) is 6.29 Å². The van der Waals surface area contributed by atoms with Gasteiger partial charge in [-0.05, 0) is 5.56 Å². The third-order valence-corrected chi connectivity index (χ3v) is 3.16. The van der Waals surface area contributed by atoms with Crippen LogP contribution in [-0.2, 0) is 11.3 Å². The van der Waals surface area contributed by atoms with Gasteiger partial charge in [-0.15, -0.1) is 0 Å². The summed E-state index contributed by atoms with van der Waals surface area (Å²) in [5, 5.41) is -0.204. The van der Waals surface area contributed by atoms with Crippen LogP contribution in [0.3, 0.4) is 0 Å². The van der Waals surface area contributed by atoms with Gasteiger partial charge in [0.2, 0.25) is 5.91 Å². The lowest BCUT2D eigenvalue weighted by Gasteiger charge is -2.12. The number of imide groups is 1. The van der Waals surface area contributed by atoms with Gasteiger partial charge in [-0.2, -0.15) is 0 Å². The fourth-order valence-corrected chi connectivity index (χ4v) is 2.14. The average Bonchev–Trinajstić information content (AvgIpc) is 2.62. The molecule has 0 bridgehead atoms. The molecule has 0 N–H and O–H groups in total. The number of amides is 2. The molecule has 5 heteroatoms. The van der Waals surface area contributed by atoms with Gasteiger partial charge in [-0.1, -0.05) is 36.0 Å². The molecule has 1 aromatic carbocycles. The molecule has 1 heterocycles. The third-order valence-electron chi connectivity index (χ3n) is 2.30. The van der Waals surface area contributed by atoms with E-state index < -0.39 is 0 Å². The topological polar surface area (TPSA) is 54.5 Å². The Bertz CT molecular complexity index is 425. The van der Waals surface area contributed by atoms with E-state index in [0.29, 0.717) is 5.56 Å². The van der Waals surface area contributed by atoms with Crippen LogP contribution in [0, 0.1) is 0 Å². The van der Waals surface area contributed by atoms with Gasteiger partial charge in [-0.3, -0.25) is 19.3 Å². The highest BCUT2D eigenvalue weighted by Gasteiger charge is 2.29. The number of hydrogen-bond donors (Lipinski definition) is 0. The van der Waals surface area contributed by atoms with Crippen LogP contribution in [0.25, 0.3) is 0 Å². The Morgan fingerprint density at radius 1 is 1.25 bits per heavy atom.